The maximum Gasteiger partial charge on any atom is 0.150 e. The van der Waals surface area contributed by atoms with Crippen LogP contribution in [0.5, 0.6) is 5.75 Å². The zero-order valence-corrected chi connectivity index (χ0v) is 10.4. The van der Waals surface area contributed by atoms with Crippen molar-refractivity contribution in [1.29, 1.82) is 0 Å². The van der Waals surface area contributed by atoms with Gasteiger partial charge in [0, 0.05) is 12.0 Å². The topological polar surface area (TPSA) is 26.3 Å². The van der Waals surface area contributed by atoms with Gasteiger partial charge in [-0.05, 0) is 30.2 Å². The highest BCUT2D eigenvalue weighted by molar-refractivity contribution is 5.75. The largest absolute Gasteiger partial charge is 0.493 e. The minimum absolute atomic E-state index is 0.618. The molecule has 0 bridgehead atoms. The van der Waals surface area contributed by atoms with Gasteiger partial charge in [0.15, 0.2) is 0 Å². The predicted molar refractivity (Wildman–Crippen MR) is 72.2 cm³/mol. The smallest absolute Gasteiger partial charge is 0.150 e. The van der Waals surface area contributed by atoms with E-state index in [9.17, 15) is 4.79 Å². The fraction of sp³-hybridized carbons (Fsp3) is 0.188. The third kappa shape index (κ3) is 3.20. The number of hydrogen-bond donors (Lipinski definition) is 0. The van der Waals surface area contributed by atoms with Gasteiger partial charge in [0.25, 0.3) is 0 Å². The first-order valence-corrected chi connectivity index (χ1v) is 6.02. The van der Waals surface area contributed by atoms with E-state index in [4.69, 9.17) is 4.74 Å². The van der Waals surface area contributed by atoms with Gasteiger partial charge < -0.3 is 4.74 Å². The zero-order chi connectivity index (χ0) is 12.8. The van der Waals surface area contributed by atoms with E-state index in [1.165, 1.54) is 11.1 Å². The number of benzene rings is 2. The lowest BCUT2D eigenvalue weighted by molar-refractivity contribution is 0.112. The lowest BCUT2D eigenvalue weighted by atomic mass is 10.1. The summed E-state index contributed by atoms with van der Waals surface area (Å²) in [4.78, 5) is 10.6. The maximum absolute atomic E-state index is 10.6. The van der Waals surface area contributed by atoms with Crippen LogP contribution < -0.4 is 4.74 Å². The second-order valence-corrected chi connectivity index (χ2v) is 4.22. The van der Waals surface area contributed by atoms with Gasteiger partial charge in [0.05, 0.1) is 6.61 Å². The van der Waals surface area contributed by atoms with Crippen LogP contribution in [0, 0.1) is 6.92 Å². The first-order chi connectivity index (χ1) is 8.79. The van der Waals surface area contributed by atoms with Crippen LogP contribution in [-0.2, 0) is 6.42 Å². The van der Waals surface area contributed by atoms with Crippen LogP contribution in [0.4, 0.5) is 0 Å². The molecule has 18 heavy (non-hydrogen) atoms. The normalized spacial score (nSPS) is 10.1. The molecule has 0 saturated heterocycles. The first kappa shape index (κ1) is 12.4. The summed E-state index contributed by atoms with van der Waals surface area (Å²) in [6, 6.07) is 15.5. The molecule has 0 aliphatic rings. The van der Waals surface area contributed by atoms with E-state index in [2.05, 4.69) is 19.1 Å². The first-order valence-electron chi connectivity index (χ1n) is 6.02. The Bertz CT molecular complexity index is 532. The molecule has 0 amide bonds. The third-order valence-electron chi connectivity index (χ3n) is 2.90. The second-order valence-electron chi connectivity index (χ2n) is 4.22. The van der Waals surface area contributed by atoms with Crippen LogP contribution in [0.1, 0.15) is 21.5 Å². The van der Waals surface area contributed by atoms with Gasteiger partial charge in [-0.3, -0.25) is 4.79 Å². The van der Waals surface area contributed by atoms with Gasteiger partial charge in [-0.1, -0.05) is 36.4 Å². The summed E-state index contributed by atoms with van der Waals surface area (Å²) in [5.74, 6) is 0.744. The Morgan fingerprint density at radius 3 is 2.72 bits per heavy atom. The number of rotatable bonds is 5. The van der Waals surface area contributed by atoms with Crippen LogP contribution >= 0.6 is 0 Å². The standard InChI is InChI=1S/C16H16O2/c1-13-5-2-3-7-15(13)9-10-18-16-8-4-6-14(11-16)12-17/h2-8,11-12H,9-10H2,1H3. The summed E-state index contributed by atoms with van der Waals surface area (Å²) in [6.45, 7) is 2.72. The third-order valence-corrected chi connectivity index (χ3v) is 2.90. The van der Waals surface area contributed by atoms with Crippen molar-refractivity contribution in [3.05, 3.63) is 65.2 Å². The van der Waals surface area contributed by atoms with E-state index in [0.29, 0.717) is 12.2 Å². The number of aldehydes is 1. The lowest BCUT2D eigenvalue weighted by Gasteiger charge is -2.08. The Morgan fingerprint density at radius 2 is 1.94 bits per heavy atom. The van der Waals surface area contributed by atoms with Crippen molar-refractivity contribution in [2.45, 2.75) is 13.3 Å². The van der Waals surface area contributed by atoms with E-state index in [-0.39, 0.29) is 0 Å². The van der Waals surface area contributed by atoms with Crippen molar-refractivity contribution in [3.63, 3.8) is 0 Å². The van der Waals surface area contributed by atoms with Crippen molar-refractivity contribution < 1.29 is 9.53 Å². The van der Waals surface area contributed by atoms with Gasteiger partial charge in [-0.2, -0.15) is 0 Å². The molecule has 2 heteroatoms. The van der Waals surface area contributed by atoms with Crippen LogP contribution in [-0.4, -0.2) is 12.9 Å². The van der Waals surface area contributed by atoms with Crippen molar-refractivity contribution in [2.24, 2.45) is 0 Å². The molecule has 0 spiro atoms. The molecule has 0 saturated carbocycles. The van der Waals surface area contributed by atoms with Crippen molar-refractivity contribution in [3.8, 4) is 5.75 Å². The fourth-order valence-electron chi connectivity index (χ4n) is 1.85. The van der Waals surface area contributed by atoms with Crippen LogP contribution in [0.25, 0.3) is 0 Å². The molecule has 92 valence electrons. The molecule has 0 heterocycles. The SMILES string of the molecule is Cc1ccccc1CCOc1cccc(C=O)c1. The molecular formula is C16H16O2. The van der Waals surface area contributed by atoms with Crippen molar-refractivity contribution >= 4 is 6.29 Å². The number of hydrogen-bond acceptors (Lipinski definition) is 2. The molecule has 0 fully saturated rings. The summed E-state index contributed by atoms with van der Waals surface area (Å²) in [5, 5.41) is 0. The van der Waals surface area contributed by atoms with E-state index >= 15 is 0 Å². The summed E-state index contributed by atoms with van der Waals surface area (Å²) in [7, 11) is 0. The molecular weight excluding hydrogens is 224 g/mol. The molecule has 0 aromatic heterocycles. The van der Waals surface area contributed by atoms with Gasteiger partial charge in [0.2, 0.25) is 0 Å². The van der Waals surface area contributed by atoms with Crippen molar-refractivity contribution in [1.82, 2.24) is 0 Å². The number of carbonyl (C=O) groups excluding carboxylic acids is 1. The zero-order valence-electron chi connectivity index (χ0n) is 10.4. The minimum atomic E-state index is 0.618. The Kier molecular flexibility index (Phi) is 4.13. The minimum Gasteiger partial charge on any atom is -0.493 e. The van der Waals surface area contributed by atoms with E-state index in [0.717, 1.165) is 18.5 Å². The van der Waals surface area contributed by atoms with E-state index in [1.807, 2.05) is 24.3 Å². The maximum atomic E-state index is 10.6. The Balaban J connectivity index is 1.92. The van der Waals surface area contributed by atoms with Crippen LogP contribution in [0.15, 0.2) is 48.5 Å². The fourth-order valence-corrected chi connectivity index (χ4v) is 1.85. The highest BCUT2D eigenvalue weighted by atomic mass is 16.5. The summed E-state index contributed by atoms with van der Waals surface area (Å²) >= 11 is 0. The van der Waals surface area contributed by atoms with E-state index in [1.54, 1.807) is 12.1 Å². The molecule has 0 atom stereocenters. The number of ether oxygens (including phenoxy) is 1. The highest BCUT2D eigenvalue weighted by Crippen LogP contribution is 2.13. The van der Waals surface area contributed by atoms with Gasteiger partial charge >= 0.3 is 0 Å². The molecule has 2 rings (SSSR count). The highest BCUT2D eigenvalue weighted by Gasteiger charge is 1.99. The average molecular weight is 240 g/mol. The monoisotopic (exact) mass is 240 g/mol. The molecule has 0 aliphatic carbocycles. The quantitative estimate of drug-likeness (QED) is 0.748. The molecule has 0 N–H and O–H groups in total. The van der Waals surface area contributed by atoms with Crippen LogP contribution in [0.3, 0.4) is 0 Å². The number of carbonyl (C=O) groups is 1. The lowest BCUT2D eigenvalue weighted by Crippen LogP contribution is -2.02. The summed E-state index contributed by atoms with van der Waals surface area (Å²) in [6.07, 6.45) is 1.70. The summed E-state index contributed by atoms with van der Waals surface area (Å²) < 4.78 is 5.65. The molecule has 0 unspecified atom stereocenters. The van der Waals surface area contributed by atoms with Gasteiger partial charge in [-0.15, -0.1) is 0 Å². The molecule has 2 aromatic carbocycles. The average Bonchev–Trinajstić information content (AvgIpc) is 2.41. The van der Waals surface area contributed by atoms with Crippen LogP contribution in [0.2, 0.25) is 0 Å². The Morgan fingerprint density at radius 1 is 1.11 bits per heavy atom. The van der Waals surface area contributed by atoms with Crippen molar-refractivity contribution in [2.75, 3.05) is 6.61 Å². The predicted octanol–water partition coefficient (Wildman–Crippen LogP) is 3.43. The molecule has 2 nitrogen and oxygen atoms in total. The second kappa shape index (κ2) is 6.01. The Hall–Kier alpha value is -2.09. The Labute approximate surface area is 107 Å². The summed E-state index contributed by atoms with van der Waals surface area (Å²) in [5.41, 5.74) is 3.22. The molecule has 0 radical (unpaired) electrons. The molecule has 0 aliphatic heterocycles. The van der Waals surface area contributed by atoms with Gasteiger partial charge in [0.1, 0.15) is 12.0 Å². The molecule has 2 aromatic rings. The van der Waals surface area contributed by atoms with Gasteiger partial charge in [-0.25, -0.2) is 0 Å². The van der Waals surface area contributed by atoms with E-state index < -0.39 is 0 Å². The number of aryl methyl sites for hydroxylation is 1.